The molecule has 29 heavy (non-hydrogen) atoms. The minimum atomic E-state index is -0.409. The van der Waals surface area contributed by atoms with Crippen molar-refractivity contribution in [2.45, 2.75) is 25.3 Å². The van der Waals surface area contributed by atoms with Gasteiger partial charge in [0.1, 0.15) is 0 Å². The molecule has 1 saturated heterocycles. The van der Waals surface area contributed by atoms with E-state index in [1.54, 1.807) is 42.3 Å². The summed E-state index contributed by atoms with van der Waals surface area (Å²) in [6.07, 6.45) is 2.43. The Bertz CT molecular complexity index is 900. The Balaban J connectivity index is 1.83. The van der Waals surface area contributed by atoms with E-state index < -0.39 is 4.92 Å². The molecule has 0 aromatic heterocycles. The lowest BCUT2D eigenvalue weighted by Gasteiger charge is -2.32. The zero-order valence-corrected chi connectivity index (χ0v) is 17.7. The maximum atomic E-state index is 13.0. The van der Waals surface area contributed by atoms with E-state index in [9.17, 15) is 14.9 Å². The molecule has 1 unspecified atom stereocenters. The molecule has 0 radical (unpaired) electrons. The summed E-state index contributed by atoms with van der Waals surface area (Å²) in [6.45, 7) is 2.59. The molecule has 1 atom stereocenters. The summed E-state index contributed by atoms with van der Waals surface area (Å²) in [7, 11) is 1.75. The van der Waals surface area contributed by atoms with E-state index in [1.165, 1.54) is 6.07 Å². The number of rotatable bonds is 7. The van der Waals surface area contributed by atoms with Crippen LogP contribution in [0.2, 0.25) is 10.0 Å². The number of nitro groups is 1. The molecule has 0 saturated carbocycles. The van der Waals surface area contributed by atoms with Gasteiger partial charge in [-0.3, -0.25) is 14.9 Å². The molecular formula is C21H23Cl2N3O3. The van der Waals surface area contributed by atoms with Crippen LogP contribution >= 0.6 is 23.2 Å². The van der Waals surface area contributed by atoms with Gasteiger partial charge in [-0.15, -0.1) is 0 Å². The molecule has 0 N–H and O–H groups in total. The normalized spacial score (nSPS) is 15.3. The Labute approximate surface area is 180 Å². The van der Waals surface area contributed by atoms with Gasteiger partial charge in [0.15, 0.2) is 0 Å². The molecule has 1 fully saturated rings. The Morgan fingerprint density at radius 2 is 1.90 bits per heavy atom. The van der Waals surface area contributed by atoms with Crippen molar-refractivity contribution < 1.29 is 9.72 Å². The highest BCUT2D eigenvalue weighted by atomic mass is 35.5. The van der Waals surface area contributed by atoms with E-state index in [0.717, 1.165) is 37.1 Å². The molecule has 1 heterocycles. The lowest BCUT2D eigenvalue weighted by atomic mass is 10.0. The summed E-state index contributed by atoms with van der Waals surface area (Å²) in [4.78, 5) is 27.8. The first-order chi connectivity index (χ1) is 13.8. The monoisotopic (exact) mass is 435 g/mol. The second-order valence-electron chi connectivity index (χ2n) is 7.31. The van der Waals surface area contributed by atoms with Crippen LogP contribution in [0.4, 0.5) is 5.69 Å². The number of hydrogen-bond acceptors (Lipinski definition) is 4. The fourth-order valence-corrected chi connectivity index (χ4v) is 3.95. The fraction of sp³-hybridized carbons (Fsp3) is 0.381. The number of hydrogen-bond donors (Lipinski definition) is 0. The molecule has 0 spiro atoms. The van der Waals surface area contributed by atoms with Gasteiger partial charge >= 0.3 is 0 Å². The zero-order valence-electron chi connectivity index (χ0n) is 16.2. The Kier molecular flexibility index (Phi) is 7.11. The van der Waals surface area contributed by atoms with Gasteiger partial charge in [-0.2, -0.15) is 0 Å². The van der Waals surface area contributed by atoms with Crippen LogP contribution in [-0.2, 0) is 11.2 Å². The average Bonchev–Trinajstić information content (AvgIpc) is 3.22. The van der Waals surface area contributed by atoms with Crippen molar-refractivity contribution in [2.24, 2.45) is 0 Å². The summed E-state index contributed by atoms with van der Waals surface area (Å²) in [5, 5.41) is 12.1. The highest BCUT2D eigenvalue weighted by molar-refractivity contribution is 6.42. The number of likely N-dealkylation sites (tertiary alicyclic amines) is 1. The third-order valence-electron chi connectivity index (χ3n) is 5.30. The van der Waals surface area contributed by atoms with Crippen molar-refractivity contribution in [1.82, 2.24) is 9.80 Å². The van der Waals surface area contributed by atoms with Crippen LogP contribution in [0.3, 0.4) is 0 Å². The second kappa shape index (κ2) is 9.57. The van der Waals surface area contributed by atoms with Gasteiger partial charge in [-0.1, -0.05) is 41.4 Å². The van der Waals surface area contributed by atoms with E-state index in [1.807, 2.05) is 6.07 Å². The number of benzene rings is 2. The average molecular weight is 436 g/mol. The largest absolute Gasteiger partial charge is 0.337 e. The molecule has 1 amide bonds. The van der Waals surface area contributed by atoms with Gasteiger partial charge < -0.3 is 9.80 Å². The Morgan fingerprint density at radius 3 is 2.55 bits per heavy atom. The topological polar surface area (TPSA) is 66.7 Å². The van der Waals surface area contributed by atoms with E-state index in [0.29, 0.717) is 16.6 Å². The van der Waals surface area contributed by atoms with Crippen LogP contribution in [0.1, 0.15) is 30.0 Å². The van der Waals surface area contributed by atoms with Crippen molar-refractivity contribution in [3.05, 3.63) is 73.8 Å². The lowest BCUT2D eigenvalue weighted by molar-refractivity contribution is -0.385. The van der Waals surface area contributed by atoms with Crippen LogP contribution in [0.25, 0.3) is 0 Å². The highest BCUT2D eigenvalue weighted by Gasteiger charge is 2.27. The number of likely N-dealkylation sites (N-methyl/N-ethyl adjacent to an activating group) is 1. The first kappa shape index (κ1) is 21.6. The number of halogens is 2. The van der Waals surface area contributed by atoms with Gasteiger partial charge in [0, 0.05) is 25.7 Å². The molecule has 2 aromatic carbocycles. The first-order valence-electron chi connectivity index (χ1n) is 9.51. The summed E-state index contributed by atoms with van der Waals surface area (Å²) < 4.78 is 0. The number of carbonyl (C=O) groups is 1. The van der Waals surface area contributed by atoms with Crippen molar-refractivity contribution in [1.29, 1.82) is 0 Å². The molecule has 0 bridgehead atoms. The minimum Gasteiger partial charge on any atom is -0.337 e. The minimum absolute atomic E-state index is 0.0271. The van der Waals surface area contributed by atoms with Crippen LogP contribution in [-0.4, -0.2) is 47.3 Å². The number of amides is 1. The third-order valence-corrected chi connectivity index (χ3v) is 6.03. The summed E-state index contributed by atoms with van der Waals surface area (Å²) in [6, 6.07) is 11.4. The molecule has 6 nitrogen and oxygen atoms in total. The maximum absolute atomic E-state index is 13.0. The summed E-state index contributed by atoms with van der Waals surface area (Å²) in [5.41, 5.74) is 1.56. The summed E-state index contributed by atoms with van der Waals surface area (Å²) in [5.74, 6) is -0.0842. The first-order valence-corrected chi connectivity index (χ1v) is 10.3. The lowest BCUT2D eigenvalue weighted by Crippen LogP contribution is -2.39. The van der Waals surface area contributed by atoms with Crippen LogP contribution in [0.15, 0.2) is 42.5 Å². The molecular weight excluding hydrogens is 413 g/mol. The SMILES string of the molecule is CN(C(=O)Cc1ccc(Cl)c(Cl)c1)C(CN1CCCC1)c1cccc([N+](=O)[O-])c1. The van der Waals surface area contributed by atoms with E-state index in [2.05, 4.69) is 4.90 Å². The predicted octanol–water partition coefficient (Wildman–Crippen LogP) is 4.74. The molecule has 3 rings (SSSR count). The van der Waals surface area contributed by atoms with Crippen molar-refractivity contribution in [2.75, 3.05) is 26.7 Å². The van der Waals surface area contributed by atoms with E-state index in [-0.39, 0.29) is 24.1 Å². The van der Waals surface area contributed by atoms with Gasteiger partial charge in [-0.25, -0.2) is 0 Å². The molecule has 8 heteroatoms. The third kappa shape index (κ3) is 5.47. The highest BCUT2D eigenvalue weighted by Crippen LogP contribution is 2.27. The van der Waals surface area contributed by atoms with E-state index >= 15 is 0 Å². The Morgan fingerprint density at radius 1 is 1.17 bits per heavy atom. The van der Waals surface area contributed by atoms with Crippen molar-refractivity contribution in [3.63, 3.8) is 0 Å². The smallest absolute Gasteiger partial charge is 0.269 e. The standard InChI is InChI=1S/C21H23Cl2N3O3/c1-24(21(27)12-15-7-8-18(22)19(23)11-15)20(14-25-9-2-3-10-25)16-5-4-6-17(13-16)26(28)29/h4-8,11,13,20H,2-3,9-10,12,14H2,1H3. The second-order valence-corrected chi connectivity index (χ2v) is 8.12. The van der Waals surface area contributed by atoms with Crippen LogP contribution in [0.5, 0.6) is 0 Å². The number of nitro benzene ring substituents is 1. The van der Waals surface area contributed by atoms with Gasteiger partial charge in [-0.05, 0) is 49.2 Å². The maximum Gasteiger partial charge on any atom is 0.269 e. The van der Waals surface area contributed by atoms with Crippen molar-refractivity contribution >= 4 is 34.8 Å². The van der Waals surface area contributed by atoms with Crippen LogP contribution in [0, 0.1) is 10.1 Å². The van der Waals surface area contributed by atoms with Gasteiger partial charge in [0.05, 0.1) is 27.4 Å². The zero-order chi connectivity index (χ0) is 21.0. The Hall–Kier alpha value is -2.15. The quantitative estimate of drug-likeness (QED) is 0.465. The molecule has 154 valence electrons. The number of non-ortho nitro benzene ring substituents is 1. The van der Waals surface area contributed by atoms with Crippen molar-refractivity contribution in [3.8, 4) is 0 Å². The van der Waals surface area contributed by atoms with Gasteiger partial charge in [0.25, 0.3) is 5.69 Å². The number of carbonyl (C=O) groups excluding carboxylic acids is 1. The number of nitrogens with zero attached hydrogens (tertiary/aromatic N) is 3. The summed E-state index contributed by atoms with van der Waals surface area (Å²) >= 11 is 12.0. The fourth-order valence-electron chi connectivity index (χ4n) is 3.63. The van der Waals surface area contributed by atoms with Gasteiger partial charge in [0.2, 0.25) is 5.91 Å². The predicted molar refractivity (Wildman–Crippen MR) is 114 cm³/mol. The molecule has 2 aromatic rings. The molecule has 0 aliphatic carbocycles. The molecule has 1 aliphatic rings. The van der Waals surface area contributed by atoms with E-state index in [4.69, 9.17) is 23.2 Å². The molecule has 1 aliphatic heterocycles. The van der Waals surface area contributed by atoms with Crippen LogP contribution < -0.4 is 0 Å².